The molecule has 2 aromatic carbocycles. The van der Waals surface area contributed by atoms with Crippen molar-refractivity contribution in [1.29, 1.82) is 0 Å². The summed E-state index contributed by atoms with van der Waals surface area (Å²) in [5, 5.41) is 15.2. The lowest BCUT2D eigenvalue weighted by atomic mass is 10.2. The predicted octanol–water partition coefficient (Wildman–Crippen LogP) is 5.68. The molecule has 8 rings (SSSR count). The van der Waals surface area contributed by atoms with Gasteiger partial charge in [0.2, 0.25) is 0 Å². The molecule has 8 aromatic rings. The van der Waals surface area contributed by atoms with Gasteiger partial charge in [0.1, 0.15) is 80.3 Å². The van der Waals surface area contributed by atoms with Crippen LogP contribution in [0.15, 0.2) is 97.6 Å². The van der Waals surface area contributed by atoms with Crippen LogP contribution in [0.2, 0.25) is 0 Å². The number of carbonyl (C=O) groups is 2. The number of methoxy groups -OCH3 is 4. The van der Waals surface area contributed by atoms with Crippen molar-refractivity contribution in [2.75, 3.05) is 56.6 Å². The van der Waals surface area contributed by atoms with E-state index in [-0.39, 0.29) is 89.8 Å². The molecule has 0 spiro atoms. The Morgan fingerprint density at radius 1 is 0.519 bits per heavy atom. The largest absolute Gasteiger partial charge is 0.494 e. The third-order valence-electron chi connectivity index (χ3n) is 12.1. The molecule has 6 heterocycles. The van der Waals surface area contributed by atoms with Crippen LogP contribution in [0.3, 0.4) is 0 Å². The van der Waals surface area contributed by atoms with Crippen molar-refractivity contribution in [3.63, 3.8) is 0 Å². The summed E-state index contributed by atoms with van der Waals surface area (Å²) in [6.07, 6.45) is 3.89. The van der Waals surface area contributed by atoms with Crippen molar-refractivity contribution in [1.82, 2.24) is 69.2 Å². The number of amides is 2. The molecule has 6 aromatic heterocycles. The lowest BCUT2D eigenvalue weighted by Gasteiger charge is -2.18. The summed E-state index contributed by atoms with van der Waals surface area (Å²) in [5.41, 5.74) is 1.63. The molecule has 24 nitrogen and oxygen atoms in total. The molecule has 0 bridgehead atoms. The molecular weight excluding hydrogens is 1090 g/mol. The topological polar surface area (TPSA) is 285 Å². The first-order chi connectivity index (χ1) is 38.1. The minimum Gasteiger partial charge on any atom is -0.494 e. The van der Waals surface area contributed by atoms with E-state index in [1.54, 1.807) is 101 Å². The Morgan fingerprint density at radius 2 is 0.827 bits per heavy atom. The van der Waals surface area contributed by atoms with Crippen LogP contribution < -0.4 is 18.9 Å². The number of halogens is 2. The maximum Gasteiger partial charge on any atom is 0.271 e. The van der Waals surface area contributed by atoms with Crippen molar-refractivity contribution < 1.29 is 54.2 Å². The van der Waals surface area contributed by atoms with Crippen LogP contribution in [0.5, 0.6) is 23.0 Å². The van der Waals surface area contributed by atoms with E-state index in [0.717, 1.165) is 24.8 Å². The van der Waals surface area contributed by atoms with Gasteiger partial charge < -0.3 is 28.7 Å². The highest BCUT2D eigenvalue weighted by atomic mass is 32.2. The van der Waals surface area contributed by atoms with Crippen LogP contribution in [-0.4, -0.2) is 165 Å². The SMILES string of the molecule is C.COc1cccc(OC)c1-n1c(CS(=O)(=O)[C@@H](C)Cc2ncc(F)cn2)nnc1-c1cccc(C(=O)N(C)C)n1.COc1cccc(OC)c1-n1c(CS(=O)(=O)[C@H](C)Cc2ncc(F)cn2)nnc1-c1cccc(C(=O)N(C)C)n1. The summed E-state index contributed by atoms with van der Waals surface area (Å²) in [5.74, 6) is -0.552. The molecule has 0 unspecified atom stereocenters. The molecule has 0 radical (unpaired) electrons. The Labute approximate surface area is 467 Å². The van der Waals surface area contributed by atoms with Crippen LogP contribution in [0, 0.1) is 11.6 Å². The maximum atomic E-state index is 13.5. The highest BCUT2D eigenvalue weighted by molar-refractivity contribution is 7.91. The van der Waals surface area contributed by atoms with Gasteiger partial charge in [-0.05, 0) is 62.4 Å². The fourth-order valence-corrected chi connectivity index (χ4v) is 10.3. The standard InChI is InChI=1S/2C26H28FN7O5S.CH4/c2*1-16(12-22-28-13-17(27)14-29-22)40(36,37)15-23-31-32-25(18-8-6-9-19(30-18)26(35)33(2)3)34(23)24-20(38-4)10-7-11-21(24)39-5;/h2*6-11,13-14,16H,12,15H2,1-5H3;1H4/t2*16-;/m10./s1. The molecule has 2 amide bonds. The normalized spacial score (nSPS) is 12.0. The average Bonchev–Trinajstić information content (AvgIpc) is 4.31. The first-order valence-corrected chi connectivity index (χ1v) is 27.6. The van der Waals surface area contributed by atoms with E-state index in [2.05, 4.69) is 50.3 Å². The number of pyridine rings is 2. The van der Waals surface area contributed by atoms with Gasteiger partial charge in [-0.25, -0.2) is 55.5 Å². The minimum absolute atomic E-state index is 0. The fraction of sp³-hybridized carbons (Fsp3) is 0.321. The van der Waals surface area contributed by atoms with Gasteiger partial charge in [0.15, 0.2) is 54.6 Å². The number of hydrogen-bond donors (Lipinski definition) is 0. The van der Waals surface area contributed by atoms with Crippen molar-refractivity contribution in [2.24, 2.45) is 0 Å². The zero-order chi connectivity index (χ0) is 58.1. The van der Waals surface area contributed by atoms with E-state index in [9.17, 15) is 35.2 Å². The van der Waals surface area contributed by atoms with Gasteiger partial charge in [0.25, 0.3) is 11.8 Å². The first kappa shape index (κ1) is 61.3. The van der Waals surface area contributed by atoms with Gasteiger partial charge >= 0.3 is 0 Å². The molecule has 0 saturated heterocycles. The molecule has 81 heavy (non-hydrogen) atoms. The highest BCUT2D eigenvalue weighted by Crippen LogP contribution is 2.38. The Hall–Kier alpha value is -8.92. The summed E-state index contributed by atoms with van der Waals surface area (Å²) in [4.78, 5) is 52.4. The predicted molar refractivity (Wildman–Crippen MR) is 294 cm³/mol. The summed E-state index contributed by atoms with van der Waals surface area (Å²) in [6, 6.07) is 19.9. The number of sulfone groups is 2. The van der Waals surface area contributed by atoms with E-state index in [4.69, 9.17) is 18.9 Å². The summed E-state index contributed by atoms with van der Waals surface area (Å²) in [7, 11) is 4.62. The third-order valence-corrected chi connectivity index (χ3v) is 16.2. The lowest BCUT2D eigenvalue weighted by Crippen LogP contribution is -2.24. The lowest BCUT2D eigenvalue weighted by molar-refractivity contribution is 0.0815. The number of benzene rings is 2. The zero-order valence-electron chi connectivity index (χ0n) is 45.1. The van der Waals surface area contributed by atoms with Crippen LogP contribution >= 0.6 is 0 Å². The van der Waals surface area contributed by atoms with Gasteiger partial charge in [-0.2, -0.15) is 0 Å². The number of ether oxygens (including phenoxy) is 4. The van der Waals surface area contributed by atoms with E-state index >= 15 is 0 Å². The van der Waals surface area contributed by atoms with Crippen LogP contribution in [-0.2, 0) is 44.0 Å². The van der Waals surface area contributed by atoms with Crippen molar-refractivity contribution in [2.45, 2.75) is 56.1 Å². The van der Waals surface area contributed by atoms with E-state index < -0.39 is 53.3 Å². The first-order valence-electron chi connectivity index (χ1n) is 24.2. The number of hydrogen-bond acceptors (Lipinski definition) is 20. The van der Waals surface area contributed by atoms with Gasteiger partial charge in [-0.15, -0.1) is 20.4 Å². The van der Waals surface area contributed by atoms with E-state index in [1.165, 1.54) is 61.2 Å². The number of carbonyl (C=O) groups excluding carboxylic acids is 2. The second kappa shape index (κ2) is 26.4. The highest BCUT2D eigenvalue weighted by Gasteiger charge is 2.32. The molecule has 0 N–H and O–H groups in total. The van der Waals surface area contributed by atoms with E-state index in [1.807, 2.05) is 0 Å². The molecule has 0 aliphatic heterocycles. The van der Waals surface area contributed by atoms with Crippen molar-refractivity contribution in [3.8, 4) is 57.4 Å². The molecule has 0 aliphatic carbocycles. The molecule has 428 valence electrons. The monoisotopic (exact) mass is 1150 g/mol. The quantitative estimate of drug-likeness (QED) is 0.0886. The van der Waals surface area contributed by atoms with E-state index in [0.29, 0.717) is 34.4 Å². The van der Waals surface area contributed by atoms with Crippen molar-refractivity contribution in [3.05, 3.63) is 144 Å². The fourth-order valence-electron chi connectivity index (χ4n) is 7.84. The summed E-state index contributed by atoms with van der Waals surface area (Å²) >= 11 is 0. The Bertz CT molecular complexity index is 3450. The smallest absolute Gasteiger partial charge is 0.271 e. The molecule has 0 saturated carbocycles. The van der Waals surface area contributed by atoms with Gasteiger partial charge in [-0.3, -0.25) is 18.7 Å². The maximum absolute atomic E-state index is 13.5. The third kappa shape index (κ3) is 14.1. The van der Waals surface area contributed by atoms with Gasteiger partial charge in [-0.1, -0.05) is 31.7 Å². The van der Waals surface area contributed by atoms with Crippen molar-refractivity contribution >= 4 is 31.5 Å². The number of aromatic nitrogens is 12. The second-order valence-electron chi connectivity index (χ2n) is 18.1. The molecule has 0 fully saturated rings. The second-order valence-corrected chi connectivity index (χ2v) is 22.9. The minimum atomic E-state index is -3.85. The Morgan fingerprint density at radius 3 is 1.12 bits per heavy atom. The molecule has 28 heteroatoms. The molecule has 2 atom stereocenters. The summed E-state index contributed by atoms with van der Waals surface area (Å²) < 4.78 is 106. The number of nitrogens with zero attached hydrogens (tertiary/aromatic N) is 14. The average molecular weight is 1160 g/mol. The van der Waals surface area contributed by atoms with Gasteiger partial charge in [0, 0.05) is 41.0 Å². The zero-order valence-corrected chi connectivity index (χ0v) is 46.8. The molecular formula is C53H60F2N14O10S2. The van der Waals surface area contributed by atoms with Gasteiger partial charge in [0.05, 0.1) is 63.7 Å². The Balaban J connectivity index is 0.000000258. The number of rotatable bonds is 20. The number of para-hydroxylation sites is 2. The Kier molecular flexibility index (Phi) is 19.9. The van der Waals surface area contributed by atoms with Crippen LogP contribution in [0.1, 0.15) is 65.5 Å². The van der Waals surface area contributed by atoms with Crippen LogP contribution in [0.4, 0.5) is 8.78 Å². The van der Waals surface area contributed by atoms with Crippen LogP contribution in [0.25, 0.3) is 34.4 Å². The summed E-state index contributed by atoms with van der Waals surface area (Å²) in [6.45, 7) is 3.04. The molecule has 0 aliphatic rings.